The zero-order valence-corrected chi connectivity index (χ0v) is 47.6. The predicted octanol–water partition coefficient (Wildman–Crippen LogP) is 17.0. The lowest BCUT2D eigenvalue weighted by Gasteiger charge is -2.25. The summed E-state index contributed by atoms with van der Waals surface area (Å²) in [4.78, 5) is 43.3. The van der Waals surface area contributed by atoms with E-state index in [2.05, 4.69) is 63.7 Å². The van der Waals surface area contributed by atoms with Crippen LogP contribution in [0.15, 0.2) is 0 Å². The van der Waals surface area contributed by atoms with Gasteiger partial charge < -0.3 is 24.6 Å². The van der Waals surface area contributed by atoms with E-state index in [1.54, 1.807) is 0 Å². The lowest BCUT2D eigenvalue weighted by atomic mass is 9.95. The summed E-state index contributed by atoms with van der Waals surface area (Å²) in [6.45, 7) is 20.7. The van der Waals surface area contributed by atoms with Crippen molar-refractivity contribution in [2.45, 2.75) is 298 Å². The molecule has 0 aromatic rings. The first-order valence-electron chi connectivity index (χ1n) is 30.7. The van der Waals surface area contributed by atoms with Gasteiger partial charge in [-0.15, -0.1) is 0 Å². The highest BCUT2D eigenvalue weighted by molar-refractivity contribution is 5.75. The molecule has 410 valence electrons. The molecule has 0 rings (SSSR count). The minimum Gasteiger partial charge on any atom is -0.465 e. The highest BCUT2D eigenvalue weighted by Crippen LogP contribution is 2.22. The molecule has 0 fully saturated rings. The maximum Gasteiger partial charge on any atom is 0.305 e. The molecule has 0 radical (unpaired) electrons. The Morgan fingerprint density at radius 2 is 0.739 bits per heavy atom. The second kappa shape index (κ2) is 52.6. The molecular weight excluding hydrogens is 855 g/mol. The zero-order valence-electron chi connectivity index (χ0n) is 47.6. The number of amides is 1. The highest BCUT2D eigenvalue weighted by atomic mass is 16.5. The maximum absolute atomic E-state index is 12.9. The Labute approximate surface area is 430 Å². The molecule has 69 heavy (non-hydrogen) atoms. The van der Waals surface area contributed by atoms with Gasteiger partial charge in [0.15, 0.2) is 0 Å². The summed E-state index contributed by atoms with van der Waals surface area (Å²) < 4.78 is 11.8. The fraction of sp³-hybridized carbons (Fsp3) is 0.951. The van der Waals surface area contributed by atoms with Crippen molar-refractivity contribution in [3.05, 3.63) is 0 Å². The number of hydrogen-bond acceptors (Lipinski definition) is 7. The molecule has 0 aliphatic carbocycles. The molecule has 1 amide bonds. The van der Waals surface area contributed by atoms with E-state index in [1.807, 2.05) is 0 Å². The molecule has 0 aromatic heterocycles. The van der Waals surface area contributed by atoms with Gasteiger partial charge in [0.25, 0.3) is 0 Å². The summed E-state index contributed by atoms with van der Waals surface area (Å²) >= 11 is 0. The van der Waals surface area contributed by atoms with Gasteiger partial charge in [-0.25, -0.2) is 0 Å². The van der Waals surface area contributed by atoms with E-state index in [0.29, 0.717) is 50.2 Å². The van der Waals surface area contributed by atoms with Crippen molar-refractivity contribution >= 4 is 17.8 Å². The van der Waals surface area contributed by atoms with Crippen molar-refractivity contribution in [3.8, 4) is 0 Å². The van der Waals surface area contributed by atoms with E-state index >= 15 is 0 Å². The van der Waals surface area contributed by atoms with Crippen LogP contribution >= 0.6 is 0 Å². The van der Waals surface area contributed by atoms with Crippen LogP contribution in [0, 0.1) is 17.8 Å². The fourth-order valence-corrected chi connectivity index (χ4v) is 9.79. The number of carbonyl (C=O) groups excluding carboxylic acids is 3. The molecule has 0 heterocycles. The quantitative estimate of drug-likeness (QED) is 0.0480. The molecule has 0 saturated carbocycles. The van der Waals surface area contributed by atoms with Crippen LogP contribution in [0.5, 0.6) is 0 Å². The number of ether oxygens (including phenoxy) is 2. The molecule has 0 saturated heterocycles. The second-order valence-electron chi connectivity index (χ2n) is 21.7. The Morgan fingerprint density at radius 3 is 1.17 bits per heavy atom. The zero-order chi connectivity index (χ0) is 50.7. The number of nitrogens with one attached hydrogen (secondary N) is 1. The van der Waals surface area contributed by atoms with E-state index in [0.717, 1.165) is 103 Å². The summed E-state index contributed by atoms with van der Waals surface area (Å²) in [5, 5.41) is 3.20. The third-order valence-electron chi connectivity index (χ3n) is 14.9. The van der Waals surface area contributed by atoms with Gasteiger partial charge in [0.05, 0.1) is 13.2 Å². The second-order valence-corrected chi connectivity index (χ2v) is 21.7. The number of rotatable bonds is 55. The first kappa shape index (κ1) is 67.3. The van der Waals surface area contributed by atoms with Crippen LogP contribution in [-0.4, -0.2) is 87.2 Å². The number of carbonyl (C=O) groups is 3. The number of nitrogens with zero attached hydrogens (tertiary/aromatic N) is 2. The number of esters is 2. The Bertz CT molecular complexity index is 1050. The van der Waals surface area contributed by atoms with Gasteiger partial charge in [-0.05, 0) is 115 Å². The van der Waals surface area contributed by atoms with Crippen LogP contribution in [0.4, 0.5) is 0 Å². The normalized spacial score (nSPS) is 13.0. The third-order valence-corrected chi connectivity index (χ3v) is 14.9. The van der Waals surface area contributed by atoms with E-state index in [1.165, 1.54) is 173 Å². The van der Waals surface area contributed by atoms with E-state index in [9.17, 15) is 14.4 Å². The van der Waals surface area contributed by atoms with Gasteiger partial charge in [0.2, 0.25) is 5.91 Å². The molecule has 0 aliphatic heterocycles. The Hall–Kier alpha value is -1.67. The summed E-state index contributed by atoms with van der Waals surface area (Å²) in [6, 6.07) is 0. The van der Waals surface area contributed by atoms with Crippen LogP contribution in [-0.2, 0) is 23.9 Å². The van der Waals surface area contributed by atoms with Gasteiger partial charge in [-0.3, -0.25) is 14.4 Å². The van der Waals surface area contributed by atoms with Gasteiger partial charge in [0, 0.05) is 38.9 Å². The first-order valence-corrected chi connectivity index (χ1v) is 30.7. The third kappa shape index (κ3) is 47.1. The largest absolute Gasteiger partial charge is 0.465 e. The van der Waals surface area contributed by atoms with Gasteiger partial charge in [0.1, 0.15) is 0 Å². The molecule has 0 spiro atoms. The number of unbranched alkanes of at least 4 members (excludes halogenated alkanes) is 23. The summed E-state index contributed by atoms with van der Waals surface area (Å²) in [5.74, 6) is 1.82. The molecule has 1 N–H and O–H groups in total. The van der Waals surface area contributed by atoms with Crippen LogP contribution in [0.25, 0.3) is 0 Å². The minimum atomic E-state index is -0.0121. The number of likely N-dealkylation sites (N-methyl/N-ethyl adjacent to an activating group) is 1. The lowest BCUT2D eigenvalue weighted by molar-refractivity contribution is -0.146. The lowest BCUT2D eigenvalue weighted by Crippen LogP contribution is -2.35. The molecule has 3 atom stereocenters. The van der Waals surface area contributed by atoms with E-state index in [4.69, 9.17) is 9.47 Å². The topological polar surface area (TPSA) is 88.2 Å². The van der Waals surface area contributed by atoms with Crippen molar-refractivity contribution in [3.63, 3.8) is 0 Å². The van der Waals surface area contributed by atoms with Gasteiger partial charge >= 0.3 is 11.9 Å². The summed E-state index contributed by atoms with van der Waals surface area (Å²) in [7, 11) is 2.23. The van der Waals surface area contributed by atoms with Crippen LogP contribution < -0.4 is 5.32 Å². The maximum atomic E-state index is 12.9. The van der Waals surface area contributed by atoms with Crippen LogP contribution in [0.3, 0.4) is 0 Å². The van der Waals surface area contributed by atoms with Crippen molar-refractivity contribution in [2.75, 3.05) is 59.5 Å². The summed E-state index contributed by atoms with van der Waals surface area (Å²) in [5.41, 5.74) is 0. The summed E-state index contributed by atoms with van der Waals surface area (Å²) in [6.07, 6.45) is 46.4. The molecule has 8 nitrogen and oxygen atoms in total. The number of hydrogen-bond donors (Lipinski definition) is 1. The molecule has 0 bridgehead atoms. The Morgan fingerprint density at radius 1 is 0.377 bits per heavy atom. The van der Waals surface area contributed by atoms with Crippen molar-refractivity contribution in [1.82, 2.24) is 15.1 Å². The van der Waals surface area contributed by atoms with Crippen molar-refractivity contribution in [1.29, 1.82) is 0 Å². The first-order chi connectivity index (χ1) is 33.7. The molecular formula is C61H121N3O5. The Balaban J connectivity index is 4.95. The average molecular weight is 977 g/mol. The van der Waals surface area contributed by atoms with Crippen molar-refractivity contribution < 1.29 is 23.9 Å². The van der Waals surface area contributed by atoms with Crippen LogP contribution in [0.2, 0.25) is 0 Å². The smallest absolute Gasteiger partial charge is 0.305 e. The van der Waals surface area contributed by atoms with Crippen molar-refractivity contribution in [2.24, 2.45) is 17.8 Å². The average Bonchev–Trinajstić information content (AvgIpc) is 3.35. The molecule has 0 aromatic carbocycles. The molecule has 3 unspecified atom stereocenters. The SMILES string of the molecule is CCCCCCCCC(CCCCCC)COC(=O)CCCCCN(CCCCCC(=O)OCC(CCCCCC)CCCCCCCC)CCN(C)CCCCCC(=O)NCC(CC)CCCC. The van der Waals surface area contributed by atoms with Gasteiger partial charge in [-0.2, -0.15) is 0 Å². The monoisotopic (exact) mass is 976 g/mol. The highest BCUT2D eigenvalue weighted by Gasteiger charge is 2.15. The molecule has 0 aliphatic rings. The van der Waals surface area contributed by atoms with Crippen LogP contribution in [0.1, 0.15) is 298 Å². The minimum absolute atomic E-state index is 0.0121. The standard InChI is InChI=1S/C61H121N3O5/c1-8-14-19-23-25-32-43-57(41-30-21-16-10-3)54-68-60(66)46-35-28-38-49-64(52-51-63(7)48-37-27-34-45-59(65)62-53-56(13-6)40-18-12-5)50-39-29-36-47-61(67)69-55-58(42-31-22-17-11-4)44-33-26-24-20-15-9-2/h56-58H,8-55H2,1-7H3,(H,62,65). The Kier molecular flexibility index (Phi) is 51.4. The van der Waals surface area contributed by atoms with Gasteiger partial charge in [-0.1, -0.05) is 208 Å². The molecule has 8 heteroatoms. The van der Waals surface area contributed by atoms with E-state index < -0.39 is 0 Å². The fourth-order valence-electron chi connectivity index (χ4n) is 9.79. The van der Waals surface area contributed by atoms with E-state index in [-0.39, 0.29) is 17.8 Å². The predicted molar refractivity (Wildman–Crippen MR) is 298 cm³/mol.